The predicted octanol–water partition coefficient (Wildman–Crippen LogP) is 10.1. The van der Waals surface area contributed by atoms with E-state index >= 15 is 0 Å². The summed E-state index contributed by atoms with van der Waals surface area (Å²) in [6, 6.07) is 44.2. The molecule has 0 aliphatic rings. The predicted molar refractivity (Wildman–Crippen MR) is 180 cm³/mol. The number of benzene rings is 4. The van der Waals surface area contributed by atoms with Crippen molar-refractivity contribution in [2.24, 2.45) is 5.92 Å². The van der Waals surface area contributed by atoms with Crippen LogP contribution in [0.2, 0.25) is 0 Å². The molecule has 4 aromatic carbocycles. The first kappa shape index (κ1) is 31.1. The number of hydrogen-bond acceptors (Lipinski definition) is 2. The van der Waals surface area contributed by atoms with E-state index in [1.54, 1.807) is 0 Å². The Kier molecular flexibility index (Phi) is 9.85. The summed E-state index contributed by atoms with van der Waals surface area (Å²) in [6.07, 6.45) is 3.86. The molecule has 0 atom stereocenters. The fourth-order valence-corrected chi connectivity index (χ4v) is 5.50. The molecule has 0 amide bonds. The number of fused-ring (bicyclic) bond motifs is 3. The summed E-state index contributed by atoms with van der Waals surface area (Å²) in [6.45, 7) is 9.71. The van der Waals surface area contributed by atoms with Crippen molar-refractivity contribution >= 4 is 21.8 Å². The van der Waals surface area contributed by atoms with E-state index in [0.29, 0.717) is 5.92 Å². The molecule has 44 heavy (non-hydrogen) atoms. The van der Waals surface area contributed by atoms with E-state index in [4.69, 9.17) is 0 Å². The number of nitrogens with zero attached hydrogens (tertiary/aromatic N) is 3. The Labute approximate surface area is 274 Å². The summed E-state index contributed by atoms with van der Waals surface area (Å²) in [7, 11) is 0. The van der Waals surface area contributed by atoms with Crippen LogP contribution in [0.1, 0.15) is 25.0 Å². The molecular weight excluding hydrogens is 715 g/mol. The van der Waals surface area contributed by atoms with Gasteiger partial charge in [0, 0.05) is 50.1 Å². The molecule has 3 heterocycles. The van der Waals surface area contributed by atoms with Gasteiger partial charge in [0.25, 0.3) is 0 Å². The maximum absolute atomic E-state index is 4.56. The Morgan fingerprint density at radius 2 is 1.43 bits per heavy atom. The molecule has 0 bridgehead atoms. The number of para-hydroxylation sites is 1. The van der Waals surface area contributed by atoms with E-state index < -0.39 is 0 Å². The van der Waals surface area contributed by atoms with Gasteiger partial charge in [-0.2, -0.15) is 0 Å². The average molecular weight is 750 g/mol. The molecule has 0 unspecified atom stereocenters. The molecular formula is C40H35IrN3-2. The number of pyridine rings is 2. The number of hydrogen-bond donors (Lipinski definition) is 0. The fraction of sp³-hybridized carbons (Fsp3) is 0.150. The normalized spacial score (nSPS) is 10.8. The van der Waals surface area contributed by atoms with Crippen molar-refractivity contribution < 1.29 is 20.1 Å². The van der Waals surface area contributed by atoms with Crippen LogP contribution < -0.4 is 0 Å². The Bertz CT molecular complexity index is 1980. The monoisotopic (exact) mass is 750 g/mol. The Morgan fingerprint density at radius 3 is 2.14 bits per heavy atom. The van der Waals surface area contributed by atoms with E-state index in [9.17, 15) is 0 Å². The van der Waals surface area contributed by atoms with Crippen LogP contribution in [-0.4, -0.2) is 14.5 Å². The zero-order chi connectivity index (χ0) is 29.8. The van der Waals surface area contributed by atoms with Gasteiger partial charge < -0.3 is 14.5 Å². The second-order valence-corrected chi connectivity index (χ2v) is 11.4. The standard InChI is InChI=1S/C22H21N2.C18H14N.Ir/c1-15(2)14-24-21-7-5-4-6-18(21)19-10-9-17(12-22(19)24)20-11-8-16(3)13-23-20;1-14-12-18(16-10-6-3-7-11-16)19-13-17(14)15-8-4-2-5-9-15;/h4-8,10-13,15H,14H2,1-3H3;2-10,12-13H,1H3;/q2*-1;. The molecule has 0 N–H and O–H groups in total. The summed E-state index contributed by atoms with van der Waals surface area (Å²) in [5.41, 5.74) is 11.4. The first-order valence-corrected chi connectivity index (χ1v) is 14.8. The first-order chi connectivity index (χ1) is 21.0. The second-order valence-electron chi connectivity index (χ2n) is 11.4. The SMILES string of the molecule is Cc1cc(-c2[c-]cccc2)ncc1-c1ccccc1.Cc1ccc(-c2[c-]cc3c4ccccc4n(CC(C)C)c3c2)nc1.[Ir]. The van der Waals surface area contributed by atoms with Crippen LogP contribution in [0.5, 0.6) is 0 Å². The molecule has 0 aliphatic heterocycles. The van der Waals surface area contributed by atoms with Gasteiger partial charge in [0.05, 0.1) is 0 Å². The van der Waals surface area contributed by atoms with Crippen molar-refractivity contribution in [3.8, 4) is 33.6 Å². The zero-order valence-corrected chi connectivity index (χ0v) is 27.9. The maximum atomic E-state index is 4.56. The molecule has 3 nitrogen and oxygen atoms in total. The molecule has 4 heteroatoms. The van der Waals surface area contributed by atoms with Crippen LogP contribution in [0.25, 0.3) is 55.4 Å². The van der Waals surface area contributed by atoms with Gasteiger partial charge in [-0.1, -0.05) is 86.0 Å². The quantitative estimate of drug-likeness (QED) is 0.164. The van der Waals surface area contributed by atoms with Crippen molar-refractivity contribution in [2.75, 3.05) is 0 Å². The minimum Gasteiger partial charge on any atom is -0.358 e. The molecule has 221 valence electrons. The minimum atomic E-state index is 0. The molecule has 0 saturated carbocycles. The van der Waals surface area contributed by atoms with Gasteiger partial charge in [-0.3, -0.25) is 0 Å². The third-order valence-corrected chi connectivity index (χ3v) is 7.62. The van der Waals surface area contributed by atoms with Crippen molar-refractivity contribution in [1.29, 1.82) is 0 Å². The molecule has 0 fully saturated rings. The minimum absolute atomic E-state index is 0. The molecule has 1 radical (unpaired) electrons. The molecule has 0 spiro atoms. The Balaban J connectivity index is 0.000000175. The molecule has 0 aliphatic carbocycles. The summed E-state index contributed by atoms with van der Waals surface area (Å²) >= 11 is 0. The van der Waals surface area contributed by atoms with Gasteiger partial charge in [-0.15, -0.1) is 59.7 Å². The van der Waals surface area contributed by atoms with Crippen LogP contribution in [0.4, 0.5) is 0 Å². The maximum Gasteiger partial charge on any atom is 0.0383 e. The molecule has 0 saturated heterocycles. The van der Waals surface area contributed by atoms with Crippen molar-refractivity contribution in [2.45, 2.75) is 34.2 Å². The second kappa shape index (κ2) is 13.9. The summed E-state index contributed by atoms with van der Waals surface area (Å²) in [5.74, 6) is 0.592. The van der Waals surface area contributed by atoms with Crippen molar-refractivity contribution in [1.82, 2.24) is 14.5 Å². The van der Waals surface area contributed by atoms with Gasteiger partial charge in [-0.05, 0) is 64.8 Å². The van der Waals surface area contributed by atoms with E-state index in [2.05, 4.69) is 121 Å². The summed E-state index contributed by atoms with van der Waals surface area (Å²) in [4.78, 5) is 9.11. The Hall–Kier alpha value is -4.37. The Morgan fingerprint density at radius 1 is 0.682 bits per heavy atom. The van der Waals surface area contributed by atoms with Gasteiger partial charge >= 0.3 is 0 Å². The van der Waals surface area contributed by atoms with Crippen molar-refractivity contribution in [3.63, 3.8) is 0 Å². The average Bonchev–Trinajstić information content (AvgIpc) is 3.34. The van der Waals surface area contributed by atoms with Crippen LogP contribution in [0.3, 0.4) is 0 Å². The third kappa shape index (κ3) is 6.73. The number of aryl methyl sites for hydroxylation is 2. The smallest absolute Gasteiger partial charge is 0.0383 e. The van der Waals surface area contributed by atoms with Crippen LogP contribution >= 0.6 is 0 Å². The van der Waals surface area contributed by atoms with Gasteiger partial charge in [0.2, 0.25) is 0 Å². The van der Waals surface area contributed by atoms with E-state index in [0.717, 1.165) is 29.1 Å². The molecule has 3 aromatic heterocycles. The third-order valence-electron chi connectivity index (χ3n) is 7.62. The topological polar surface area (TPSA) is 30.7 Å². The summed E-state index contributed by atoms with van der Waals surface area (Å²) < 4.78 is 2.43. The number of rotatable bonds is 5. The van der Waals surface area contributed by atoms with Gasteiger partial charge in [0.15, 0.2) is 0 Å². The molecule has 7 rings (SSSR count). The summed E-state index contributed by atoms with van der Waals surface area (Å²) in [5, 5.41) is 2.56. The van der Waals surface area contributed by atoms with Crippen molar-refractivity contribution in [3.05, 3.63) is 145 Å². The van der Waals surface area contributed by atoms with Crippen LogP contribution in [0, 0.1) is 31.9 Å². The zero-order valence-electron chi connectivity index (χ0n) is 25.5. The molecule has 7 aromatic rings. The van der Waals surface area contributed by atoms with Crippen LogP contribution in [0.15, 0.2) is 122 Å². The first-order valence-electron chi connectivity index (χ1n) is 14.8. The largest absolute Gasteiger partial charge is 0.358 e. The van der Waals surface area contributed by atoms with Gasteiger partial charge in [0.1, 0.15) is 0 Å². The van der Waals surface area contributed by atoms with Crippen LogP contribution in [-0.2, 0) is 26.7 Å². The number of aromatic nitrogens is 3. The van der Waals surface area contributed by atoms with E-state index in [-0.39, 0.29) is 20.1 Å². The van der Waals surface area contributed by atoms with E-state index in [1.165, 1.54) is 44.1 Å². The van der Waals surface area contributed by atoms with Gasteiger partial charge in [-0.25, -0.2) is 0 Å². The van der Waals surface area contributed by atoms with E-state index in [1.807, 2.05) is 54.9 Å². The fourth-order valence-electron chi connectivity index (χ4n) is 5.50.